The van der Waals surface area contributed by atoms with Crippen molar-refractivity contribution in [2.45, 2.75) is 11.9 Å². The maximum Gasteiger partial charge on any atom is 0.209 e. The molecule has 84 valence electrons. The van der Waals surface area contributed by atoms with Gasteiger partial charge in [0.2, 0.25) is 10.0 Å². The molecule has 0 aliphatic rings. The van der Waals surface area contributed by atoms with Crippen LogP contribution < -0.4 is 5.14 Å². The number of nitrogens with zero attached hydrogens (tertiary/aromatic N) is 1. The molecule has 0 amide bonds. The second kappa shape index (κ2) is 5.29. The second-order valence-corrected chi connectivity index (χ2v) is 6.57. The molecule has 0 atom stereocenters. The number of sulfonamides is 1. The summed E-state index contributed by atoms with van der Waals surface area (Å²) >= 11 is 4.77. The molecular weight excluding hydrogens is 300 g/mol. The first kappa shape index (κ1) is 13.0. The van der Waals surface area contributed by atoms with Crippen molar-refractivity contribution < 1.29 is 8.42 Å². The van der Waals surface area contributed by atoms with Crippen molar-refractivity contribution in [3.05, 3.63) is 22.3 Å². The highest BCUT2D eigenvalue weighted by atomic mass is 79.9. The molecule has 1 aromatic heterocycles. The molecule has 0 aliphatic heterocycles. The molecule has 0 saturated heterocycles. The lowest BCUT2D eigenvalue weighted by Crippen LogP contribution is -2.17. The van der Waals surface area contributed by atoms with Crippen molar-refractivity contribution in [1.82, 2.24) is 4.98 Å². The molecule has 0 aliphatic carbocycles. The fourth-order valence-corrected chi connectivity index (χ4v) is 3.33. The average Bonchev–Trinajstić information content (AvgIpc) is 2.10. The van der Waals surface area contributed by atoms with Gasteiger partial charge in [0.25, 0.3) is 0 Å². The lowest BCUT2D eigenvalue weighted by atomic mass is 10.3. The van der Waals surface area contributed by atoms with E-state index >= 15 is 0 Å². The largest absolute Gasteiger partial charge is 0.249 e. The monoisotopic (exact) mass is 310 g/mol. The molecule has 0 saturated carbocycles. The topological polar surface area (TPSA) is 73.0 Å². The van der Waals surface area contributed by atoms with Crippen LogP contribution in [0.2, 0.25) is 0 Å². The Morgan fingerprint density at radius 3 is 2.87 bits per heavy atom. The second-order valence-electron chi connectivity index (χ2n) is 2.96. The number of aryl methyl sites for hydroxylation is 1. The minimum absolute atomic E-state index is 0.0419. The van der Waals surface area contributed by atoms with E-state index in [1.165, 1.54) is 11.8 Å². The van der Waals surface area contributed by atoms with Crippen molar-refractivity contribution in [2.75, 3.05) is 11.5 Å². The van der Waals surface area contributed by atoms with E-state index in [4.69, 9.17) is 5.14 Å². The molecule has 1 heterocycles. The normalized spacial score (nSPS) is 11.7. The fourth-order valence-electron chi connectivity index (χ4n) is 0.870. The summed E-state index contributed by atoms with van der Waals surface area (Å²) in [5.41, 5.74) is 1.07. The molecule has 0 bridgehead atoms. The fraction of sp³-hybridized carbons (Fsp3) is 0.375. The summed E-state index contributed by atoms with van der Waals surface area (Å²) in [4.78, 5) is 4.14. The van der Waals surface area contributed by atoms with Crippen molar-refractivity contribution >= 4 is 37.7 Å². The Morgan fingerprint density at radius 2 is 2.27 bits per heavy atom. The molecule has 1 rings (SSSR count). The van der Waals surface area contributed by atoms with Crippen LogP contribution in [0.3, 0.4) is 0 Å². The molecule has 7 heteroatoms. The number of hydrogen-bond acceptors (Lipinski definition) is 4. The predicted molar refractivity (Wildman–Crippen MR) is 65.4 cm³/mol. The van der Waals surface area contributed by atoms with E-state index in [9.17, 15) is 8.42 Å². The van der Waals surface area contributed by atoms with Gasteiger partial charge in [0.05, 0.1) is 10.2 Å². The Kier molecular flexibility index (Phi) is 4.57. The van der Waals surface area contributed by atoms with Crippen LogP contribution in [-0.4, -0.2) is 24.9 Å². The maximum absolute atomic E-state index is 10.7. The molecule has 4 nitrogen and oxygen atoms in total. The van der Waals surface area contributed by atoms with Gasteiger partial charge in [-0.15, -0.1) is 11.8 Å². The van der Waals surface area contributed by atoms with Crippen LogP contribution in [-0.2, 0) is 10.0 Å². The third-order valence-corrected chi connectivity index (χ3v) is 4.94. The summed E-state index contributed by atoms with van der Waals surface area (Å²) in [6.07, 6.45) is 1.69. The van der Waals surface area contributed by atoms with Crippen LogP contribution >= 0.6 is 27.7 Å². The minimum atomic E-state index is -3.38. The zero-order valence-corrected chi connectivity index (χ0v) is 11.3. The Bertz CT molecular complexity index is 448. The van der Waals surface area contributed by atoms with E-state index in [1.807, 2.05) is 13.0 Å². The number of hydrogen-bond donors (Lipinski definition) is 1. The Morgan fingerprint density at radius 1 is 1.60 bits per heavy atom. The highest BCUT2D eigenvalue weighted by molar-refractivity contribution is 9.10. The number of rotatable bonds is 4. The minimum Gasteiger partial charge on any atom is -0.249 e. The van der Waals surface area contributed by atoms with Crippen LogP contribution in [0, 0.1) is 6.92 Å². The van der Waals surface area contributed by atoms with Crippen LogP contribution in [0.1, 0.15) is 5.56 Å². The Labute approximate surface area is 102 Å². The lowest BCUT2D eigenvalue weighted by molar-refractivity contribution is 0.599. The maximum atomic E-state index is 10.7. The summed E-state index contributed by atoms with van der Waals surface area (Å²) in [6, 6.07) is 1.88. The van der Waals surface area contributed by atoms with Crippen molar-refractivity contribution in [3.8, 4) is 0 Å². The summed E-state index contributed by atoms with van der Waals surface area (Å²) in [7, 11) is -3.38. The van der Waals surface area contributed by atoms with Gasteiger partial charge in [0.15, 0.2) is 0 Å². The molecule has 0 spiro atoms. The molecule has 0 fully saturated rings. The van der Waals surface area contributed by atoms with E-state index in [2.05, 4.69) is 20.9 Å². The van der Waals surface area contributed by atoms with Crippen LogP contribution in [0.25, 0.3) is 0 Å². The van der Waals surface area contributed by atoms with Gasteiger partial charge in [-0.25, -0.2) is 18.5 Å². The van der Waals surface area contributed by atoms with E-state index in [0.717, 1.165) is 15.1 Å². The van der Waals surface area contributed by atoms with Gasteiger partial charge in [-0.05, 0) is 34.5 Å². The van der Waals surface area contributed by atoms with Gasteiger partial charge in [0, 0.05) is 11.9 Å². The summed E-state index contributed by atoms with van der Waals surface area (Å²) < 4.78 is 22.3. The van der Waals surface area contributed by atoms with Crippen LogP contribution in [0.15, 0.2) is 21.8 Å². The molecular formula is C8H11BrN2O2S2. The molecule has 0 radical (unpaired) electrons. The van der Waals surface area contributed by atoms with Crippen molar-refractivity contribution in [2.24, 2.45) is 5.14 Å². The van der Waals surface area contributed by atoms with Gasteiger partial charge >= 0.3 is 0 Å². The SMILES string of the molecule is Cc1ccnc(SCCS(N)(=O)=O)c1Br. The highest BCUT2D eigenvalue weighted by Crippen LogP contribution is 2.27. The lowest BCUT2D eigenvalue weighted by Gasteiger charge is -2.04. The van der Waals surface area contributed by atoms with Crippen LogP contribution in [0.4, 0.5) is 0 Å². The van der Waals surface area contributed by atoms with Gasteiger partial charge < -0.3 is 0 Å². The van der Waals surface area contributed by atoms with Gasteiger partial charge in [-0.3, -0.25) is 0 Å². The number of nitrogens with two attached hydrogens (primary N) is 1. The standard InChI is InChI=1S/C8H11BrN2O2S2/c1-6-2-3-11-8(7(6)9)14-4-5-15(10,12)13/h2-3H,4-5H2,1H3,(H2,10,12,13). The average molecular weight is 311 g/mol. The van der Waals surface area contributed by atoms with E-state index in [-0.39, 0.29) is 5.75 Å². The summed E-state index contributed by atoms with van der Waals surface area (Å²) in [5.74, 6) is 0.369. The third kappa shape index (κ3) is 4.50. The zero-order chi connectivity index (χ0) is 11.5. The van der Waals surface area contributed by atoms with Crippen molar-refractivity contribution in [3.63, 3.8) is 0 Å². The molecule has 2 N–H and O–H groups in total. The first-order valence-electron chi connectivity index (χ1n) is 4.14. The first-order chi connectivity index (χ1) is 6.90. The number of aromatic nitrogens is 1. The summed E-state index contributed by atoms with van der Waals surface area (Å²) in [6.45, 7) is 1.95. The van der Waals surface area contributed by atoms with Gasteiger partial charge in [-0.2, -0.15) is 0 Å². The zero-order valence-electron chi connectivity index (χ0n) is 8.10. The summed E-state index contributed by atoms with van der Waals surface area (Å²) in [5, 5.41) is 5.68. The number of primary sulfonamides is 1. The highest BCUT2D eigenvalue weighted by Gasteiger charge is 2.07. The molecule has 0 aromatic carbocycles. The first-order valence-corrected chi connectivity index (χ1v) is 7.64. The van der Waals surface area contributed by atoms with E-state index in [0.29, 0.717) is 5.75 Å². The number of pyridine rings is 1. The molecule has 1 aromatic rings. The molecule has 15 heavy (non-hydrogen) atoms. The quantitative estimate of drug-likeness (QED) is 0.856. The number of thioether (sulfide) groups is 1. The number of halogens is 1. The smallest absolute Gasteiger partial charge is 0.209 e. The molecule has 0 unspecified atom stereocenters. The van der Waals surface area contributed by atoms with E-state index in [1.54, 1.807) is 6.20 Å². The predicted octanol–water partition coefficient (Wildman–Crippen LogP) is 1.53. The van der Waals surface area contributed by atoms with Crippen LogP contribution in [0.5, 0.6) is 0 Å². The van der Waals surface area contributed by atoms with E-state index < -0.39 is 10.0 Å². The van der Waals surface area contributed by atoms with Crippen molar-refractivity contribution in [1.29, 1.82) is 0 Å². The van der Waals surface area contributed by atoms with Gasteiger partial charge in [0.1, 0.15) is 5.03 Å². The Hall–Kier alpha value is -0.110. The third-order valence-electron chi connectivity index (χ3n) is 1.66. The van der Waals surface area contributed by atoms with Gasteiger partial charge in [-0.1, -0.05) is 0 Å². The Balaban J connectivity index is 2.62.